The van der Waals surface area contributed by atoms with Crippen molar-refractivity contribution >= 4 is 5.91 Å². The Bertz CT molecular complexity index is 342. The molecule has 2 fully saturated rings. The third-order valence-electron chi connectivity index (χ3n) is 5.59. The molecule has 5 heteroatoms. The highest BCUT2D eigenvalue weighted by Gasteiger charge is 2.41. The van der Waals surface area contributed by atoms with Crippen LogP contribution in [-0.2, 0) is 14.3 Å². The summed E-state index contributed by atoms with van der Waals surface area (Å²) in [7, 11) is 3.44. The molecule has 2 aliphatic rings. The van der Waals surface area contributed by atoms with Crippen molar-refractivity contribution in [2.45, 2.75) is 44.9 Å². The van der Waals surface area contributed by atoms with Crippen LogP contribution in [-0.4, -0.2) is 53.0 Å². The fourth-order valence-corrected chi connectivity index (χ4v) is 4.03. The molecule has 0 aromatic heterocycles. The second-order valence-corrected chi connectivity index (χ2v) is 7.10. The lowest BCUT2D eigenvalue weighted by atomic mass is 9.77. The van der Waals surface area contributed by atoms with E-state index in [2.05, 4.69) is 10.6 Å². The number of hydrogen-bond acceptors (Lipinski definition) is 4. The predicted molar refractivity (Wildman–Crippen MR) is 86.8 cm³/mol. The molecule has 0 bridgehead atoms. The Labute approximate surface area is 134 Å². The van der Waals surface area contributed by atoms with Crippen molar-refractivity contribution in [2.24, 2.45) is 10.8 Å². The number of carbonyl (C=O) groups excluding carboxylic acids is 1. The molecule has 128 valence electrons. The lowest BCUT2D eigenvalue weighted by Gasteiger charge is -2.37. The molecule has 0 atom stereocenters. The van der Waals surface area contributed by atoms with Gasteiger partial charge in [-0.05, 0) is 50.6 Å². The van der Waals surface area contributed by atoms with Gasteiger partial charge < -0.3 is 20.1 Å². The van der Waals surface area contributed by atoms with Crippen LogP contribution in [0.1, 0.15) is 44.9 Å². The van der Waals surface area contributed by atoms with Gasteiger partial charge >= 0.3 is 0 Å². The van der Waals surface area contributed by atoms with Crippen LogP contribution in [0.25, 0.3) is 0 Å². The molecule has 1 heterocycles. The Kier molecular flexibility index (Phi) is 6.66. The SMILES string of the molecule is COCCC1(CNC(=O)C2(COC)CCNCC2)CCCC1. The summed E-state index contributed by atoms with van der Waals surface area (Å²) in [4.78, 5) is 12.8. The molecule has 1 saturated carbocycles. The highest BCUT2D eigenvalue weighted by Crippen LogP contribution is 2.41. The van der Waals surface area contributed by atoms with Crippen molar-refractivity contribution in [2.75, 3.05) is 47.1 Å². The molecule has 5 nitrogen and oxygen atoms in total. The van der Waals surface area contributed by atoms with E-state index < -0.39 is 0 Å². The zero-order chi connectivity index (χ0) is 15.9. The Balaban J connectivity index is 1.93. The highest BCUT2D eigenvalue weighted by atomic mass is 16.5. The molecule has 1 aliphatic heterocycles. The number of ether oxygens (including phenoxy) is 2. The summed E-state index contributed by atoms with van der Waals surface area (Å²) in [6, 6.07) is 0. The van der Waals surface area contributed by atoms with Gasteiger partial charge in [-0.25, -0.2) is 0 Å². The third-order valence-corrected chi connectivity index (χ3v) is 5.59. The van der Waals surface area contributed by atoms with Crippen LogP contribution in [0.5, 0.6) is 0 Å². The van der Waals surface area contributed by atoms with Crippen LogP contribution >= 0.6 is 0 Å². The van der Waals surface area contributed by atoms with Gasteiger partial charge in [0.25, 0.3) is 0 Å². The summed E-state index contributed by atoms with van der Waals surface area (Å²) >= 11 is 0. The fraction of sp³-hybridized carbons (Fsp3) is 0.941. The van der Waals surface area contributed by atoms with Crippen LogP contribution in [0.2, 0.25) is 0 Å². The van der Waals surface area contributed by atoms with Crippen molar-refractivity contribution in [3.63, 3.8) is 0 Å². The average molecular weight is 312 g/mol. The number of amides is 1. The Morgan fingerprint density at radius 2 is 1.77 bits per heavy atom. The normalized spacial score (nSPS) is 23.4. The van der Waals surface area contributed by atoms with Crippen LogP contribution in [0, 0.1) is 10.8 Å². The molecule has 2 N–H and O–H groups in total. The molecule has 0 radical (unpaired) electrons. The maximum Gasteiger partial charge on any atom is 0.228 e. The van der Waals surface area contributed by atoms with E-state index in [1.165, 1.54) is 25.7 Å². The molecular formula is C17H32N2O3. The van der Waals surface area contributed by atoms with Gasteiger partial charge in [0.05, 0.1) is 12.0 Å². The topological polar surface area (TPSA) is 59.6 Å². The van der Waals surface area contributed by atoms with Crippen LogP contribution in [0.4, 0.5) is 0 Å². The van der Waals surface area contributed by atoms with E-state index in [1.807, 2.05) is 0 Å². The zero-order valence-electron chi connectivity index (χ0n) is 14.2. The maximum absolute atomic E-state index is 12.8. The van der Waals surface area contributed by atoms with Crippen molar-refractivity contribution in [1.82, 2.24) is 10.6 Å². The van der Waals surface area contributed by atoms with Gasteiger partial charge in [-0.3, -0.25) is 4.79 Å². The monoisotopic (exact) mass is 312 g/mol. The molecule has 0 aromatic rings. The van der Waals surface area contributed by atoms with Gasteiger partial charge in [-0.2, -0.15) is 0 Å². The van der Waals surface area contributed by atoms with Crippen molar-refractivity contribution in [3.05, 3.63) is 0 Å². The van der Waals surface area contributed by atoms with Crippen LogP contribution < -0.4 is 10.6 Å². The third kappa shape index (κ3) is 4.21. The van der Waals surface area contributed by atoms with Gasteiger partial charge in [0.2, 0.25) is 5.91 Å². The van der Waals surface area contributed by atoms with E-state index in [1.54, 1.807) is 14.2 Å². The van der Waals surface area contributed by atoms with E-state index in [0.29, 0.717) is 6.61 Å². The maximum atomic E-state index is 12.8. The highest BCUT2D eigenvalue weighted by molar-refractivity contribution is 5.83. The summed E-state index contributed by atoms with van der Waals surface area (Å²) in [5.41, 5.74) is -0.103. The quantitative estimate of drug-likeness (QED) is 0.716. The summed E-state index contributed by atoms with van der Waals surface area (Å²) in [5.74, 6) is 0.180. The molecule has 22 heavy (non-hydrogen) atoms. The predicted octanol–water partition coefficient (Wildman–Crippen LogP) is 1.72. The molecular weight excluding hydrogens is 280 g/mol. The number of methoxy groups -OCH3 is 2. The van der Waals surface area contributed by atoms with Crippen molar-refractivity contribution < 1.29 is 14.3 Å². The molecule has 0 unspecified atom stereocenters. The molecule has 0 spiro atoms. The Morgan fingerprint density at radius 1 is 1.09 bits per heavy atom. The molecule has 1 aliphatic carbocycles. The number of rotatable bonds is 8. The summed E-state index contributed by atoms with van der Waals surface area (Å²) in [6.07, 6.45) is 7.71. The van der Waals surface area contributed by atoms with E-state index in [4.69, 9.17) is 9.47 Å². The van der Waals surface area contributed by atoms with Crippen molar-refractivity contribution in [3.8, 4) is 0 Å². The summed E-state index contributed by atoms with van der Waals surface area (Å²) in [6.45, 7) is 3.87. The minimum absolute atomic E-state index is 0.180. The van der Waals surface area contributed by atoms with Crippen molar-refractivity contribution in [1.29, 1.82) is 0 Å². The second-order valence-electron chi connectivity index (χ2n) is 7.10. The van der Waals surface area contributed by atoms with E-state index in [-0.39, 0.29) is 16.7 Å². The number of piperidine rings is 1. The van der Waals surface area contributed by atoms with Crippen LogP contribution in [0.3, 0.4) is 0 Å². The summed E-state index contributed by atoms with van der Waals surface area (Å²) in [5, 5.41) is 6.60. The first-order valence-corrected chi connectivity index (χ1v) is 8.63. The first-order valence-electron chi connectivity index (χ1n) is 8.63. The standard InChI is InChI=1S/C17H32N2O3/c1-21-12-9-16(5-3-4-6-16)13-19-15(20)17(14-22-2)7-10-18-11-8-17/h18H,3-14H2,1-2H3,(H,19,20). The lowest BCUT2D eigenvalue weighted by molar-refractivity contribution is -0.136. The minimum atomic E-state index is -0.346. The smallest absolute Gasteiger partial charge is 0.228 e. The van der Waals surface area contributed by atoms with E-state index >= 15 is 0 Å². The zero-order valence-corrected chi connectivity index (χ0v) is 14.2. The van der Waals surface area contributed by atoms with Gasteiger partial charge in [0, 0.05) is 27.4 Å². The number of nitrogens with one attached hydrogen (secondary N) is 2. The summed E-state index contributed by atoms with van der Waals surface area (Å²) < 4.78 is 10.6. The Hall–Kier alpha value is -0.650. The minimum Gasteiger partial charge on any atom is -0.385 e. The van der Waals surface area contributed by atoms with Gasteiger partial charge in [0.15, 0.2) is 0 Å². The van der Waals surface area contributed by atoms with Gasteiger partial charge in [0.1, 0.15) is 0 Å². The Morgan fingerprint density at radius 3 is 2.36 bits per heavy atom. The van der Waals surface area contributed by atoms with E-state index in [9.17, 15) is 4.79 Å². The number of hydrogen-bond donors (Lipinski definition) is 2. The van der Waals surface area contributed by atoms with E-state index in [0.717, 1.165) is 45.5 Å². The first kappa shape index (κ1) is 17.7. The first-order chi connectivity index (χ1) is 10.7. The van der Waals surface area contributed by atoms with Crippen LogP contribution in [0.15, 0.2) is 0 Å². The fourth-order valence-electron chi connectivity index (χ4n) is 4.03. The molecule has 1 saturated heterocycles. The van der Waals surface area contributed by atoms with Gasteiger partial charge in [-0.1, -0.05) is 12.8 Å². The lowest BCUT2D eigenvalue weighted by Crippen LogP contribution is -2.52. The molecule has 1 amide bonds. The largest absolute Gasteiger partial charge is 0.385 e. The second kappa shape index (κ2) is 8.27. The number of carbonyl (C=O) groups is 1. The molecule has 2 rings (SSSR count). The van der Waals surface area contributed by atoms with Gasteiger partial charge in [-0.15, -0.1) is 0 Å². The molecule has 0 aromatic carbocycles. The average Bonchev–Trinajstić information content (AvgIpc) is 3.01.